The summed E-state index contributed by atoms with van der Waals surface area (Å²) < 4.78 is 5.51. The Morgan fingerprint density at radius 1 is 0.976 bits per heavy atom. The van der Waals surface area contributed by atoms with Crippen LogP contribution in [0.25, 0.3) is 0 Å². The Balaban J connectivity index is 0.00000405. The van der Waals surface area contributed by atoms with E-state index in [1.54, 1.807) is 65.3 Å². The molecule has 2 aliphatic heterocycles. The van der Waals surface area contributed by atoms with E-state index < -0.39 is 12.1 Å². The van der Waals surface area contributed by atoms with Gasteiger partial charge in [-0.05, 0) is 67.4 Å². The topological polar surface area (TPSA) is 79.1 Å². The molecule has 2 aliphatic rings. The summed E-state index contributed by atoms with van der Waals surface area (Å²) in [7, 11) is 0. The lowest BCUT2D eigenvalue weighted by Crippen LogP contribution is -2.47. The molecule has 0 aromatic heterocycles. The minimum absolute atomic E-state index is 0. The van der Waals surface area contributed by atoms with Gasteiger partial charge in [-0.15, -0.1) is 18.3 Å². The molecule has 3 aromatic carbocycles. The van der Waals surface area contributed by atoms with Gasteiger partial charge in [-0.2, -0.15) is 0 Å². The van der Waals surface area contributed by atoms with E-state index in [0.29, 0.717) is 70.0 Å². The van der Waals surface area contributed by atoms with Crippen molar-refractivity contribution in [2.75, 3.05) is 50.0 Å². The lowest BCUT2D eigenvalue weighted by molar-refractivity contribution is -0.123. The first-order chi connectivity index (χ1) is 19.8. The minimum Gasteiger partial charge on any atom is -0.398 e. The number of hydrogen-bond acceptors (Lipinski definition) is 5. The van der Waals surface area contributed by atoms with Crippen LogP contribution in [0.4, 0.5) is 11.4 Å². The van der Waals surface area contributed by atoms with Crippen LogP contribution >= 0.6 is 35.6 Å². The van der Waals surface area contributed by atoms with Crippen LogP contribution in [0.1, 0.15) is 53.0 Å². The number of nitrogen functional groups attached to an aromatic ring is 1. The van der Waals surface area contributed by atoms with E-state index in [1.165, 1.54) is 0 Å². The van der Waals surface area contributed by atoms with Crippen LogP contribution in [-0.2, 0) is 9.53 Å². The fourth-order valence-corrected chi connectivity index (χ4v) is 5.83. The van der Waals surface area contributed by atoms with Crippen LogP contribution in [0.5, 0.6) is 0 Å². The van der Waals surface area contributed by atoms with Crippen molar-refractivity contribution in [2.24, 2.45) is 0 Å². The number of carbonyl (C=O) groups is 2. The molecular weight excluding hydrogens is 595 g/mol. The summed E-state index contributed by atoms with van der Waals surface area (Å²) in [5.41, 5.74) is 9.87. The maximum Gasteiger partial charge on any atom is 0.257 e. The van der Waals surface area contributed by atoms with Crippen molar-refractivity contribution < 1.29 is 14.3 Å². The summed E-state index contributed by atoms with van der Waals surface area (Å²) in [4.78, 5) is 34.9. The number of amides is 2. The van der Waals surface area contributed by atoms with E-state index in [1.807, 2.05) is 19.1 Å². The Hall–Kier alpha value is -3.25. The molecule has 0 bridgehead atoms. The van der Waals surface area contributed by atoms with E-state index >= 15 is 0 Å². The summed E-state index contributed by atoms with van der Waals surface area (Å²) >= 11 is 12.4. The second-order valence-electron chi connectivity index (χ2n) is 10.2. The summed E-state index contributed by atoms with van der Waals surface area (Å²) in [6.07, 6.45) is 0. The summed E-state index contributed by atoms with van der Waals surface area (Å²) in [5, 5.41) is 1.03. The first kappa shape index (κ1) is 31.7. The number of ether oxygens (including phenoxy) is 1. The van der Waals surface area contributed by atoms with E-state index in [9.17, 15) is 9.59 Å². The molecule has 2 atom stereocenters. The molecule has 10 heteroatoms. The van der Waals surface area contributed by atoms with Crippen molar-refractivity contribution in [1.29, 1.82) is 0 Å². The van der Waals surface area contributed by atoms with Gasteiger partial charge < -0.3 is 20.3 Å². The zero-order chi connectivity index (χ0) is 29.1. The number of anilines is 2. The highest BCUT2D eigenvalue weighted by atomic mass is 35.5. The minimum atomic E-state index is -0.928. The molecule has 2 heterocycles. The normalized spacial score (nSPS) is 18.0. The second-order valence-corrected chi connectivity index (χ2v) is 11.0. The maximum atomic E-state index is 14.7. The van der Waals surface area contributed by atoms with Crippen LogP contribution in [0.3, 0.4) is 0 Å². The Bertz CT molecular complexity index is 1510. The first-order valence-electron chi connectivity index (χ1n) is 13.6. The molecule has 2 unspecified atom stereocenters. The molecule has 1 fully saturated rings. The van der Waals surface area contributed by atoms with Gasteiger partial charge >= 0.3 is 0 Å². The van der Waals surface area contributed by atoms with Gasteiger partial charge in [0.05, 0.1) is 30.5 Å². The number of morpholine rings is 1. The van der Waals surface area contributed by atoms with Crippen LogP contribution < -0.4 is 10.6 Å². The SMILES string of the molecule is CC#Cc1ccc2c(c1)C(=O)N(C(C)c1ccc(Cl)cc1N)C(c1ccc(Cl)cc1)C(=O)N2CCN1CCOCC1.Cl. The summed E-state index contributed by atoms with van der Waals surface area (Å²) in [5.74, 6) is 5.46. The van der Waals surface area contributed by atoms with Crippen LogP contribution in [0.2, 0.25) is 10.0 Å². The van der Waals surface area contributed by atoms with Gasteiger partial charge in [-0.25, -0.2) is 0 Å². The smallest absolute Gasteiger partial charge is 0.257 e. The maximum absolute atomic E-state index is 14.7. The largest absolute Gasteiger partial charge is 0.398 e. The van der Waals surface area contributed by atoms with Crippen molar-refractivity contribution in [1.82, 2.24) is 9.80 Å². The Morgan fingerprint density at radius 3 is 2.33 bits per heavy atom. The third-order valence-corrected chi connectivity index (χ3v) is 8.13. The highest BCUT2D eigenvalue weighted by Crippen LogP contribution is 2.41. The fraction of sp³-hybridized carbons (Fsp3) is 0.312. The number of fused-ring (bicyclic) bond motifs is 1. The molecule has 0 aliphatic carbocycles. The predicted molar refractivity (Wildman–Crippen MR) is 170 cm³/mol. The lowest BCUT2D eigenvalue weighted by atomic mass is 9.97. The van der Waals surface area contributed by atoms with Gasteiger partial charge in [-0.1, -0.05) is 47.3 Å². The molecular formula is C32H33Cl3N4O3. The lowest BCUT2D eigenvalue weighted by Gasteiger charge is -2.36. The molecule has 42 heavy (non-hydrogen) atoms. The number of hydrogen-bond donors (Lipinski definition) is 1. The van der Waals surface area contributed by atoms with Crippen molar-refractivity contribution >= 4 is 58.8 Å². The van der Waals surface area contributed by atoms with E-state index in [-0.39, 0.29) is 24.2 Å². The zero-order valence-electron chi connectivity index (χ0n) is 23.5. The monoisotopic (exact) mass is 626 g/mol. The Morgan fingerprint density at radius 2 is 1.67 bits per heavy atom. The molecule has 220 valence electrons. The van der Waals surface area contributed by atoms with Crippen LogP contribution in [0.15, 0.2) is 60.7 Å². The average molecular weight is 628 g/mol. The molecule has 5 rings (SSSR count). The molecule has 0 spiro atoms. The fourth-order valence-electron chi connectivity index (χ4n) is 5.53. The van der Waals surface area contributed by atoms with Gasteiger partial charge in [0.2, 0.25) is 0 Å². The first-order valence-corrected chi connectivity index (χ1v) is 14.4. The van der Waals surface area contributed by atoms with Crippen LogP contribution in [0, 0.1) is 11.8 Å². The summed E-state index contributed by atoms with van der Waals surface area (Å²) in [6.45, 7) is 7.58. The number of carbonyl (C=O) groups excluding carboxylic acids is 2. The predicted octanol–water partition coefficient (Wildman–Crippen LogP) is 5.99. The highest BCUT2D eigenvalue weighted by Gasteiger charge is 2.43. The van der Waals surface area contributed by atoms with Crippen molar-refractivity contribution in [2.45, 2.75) is 25.9 Å². The van der Waals surface area contributed by atoms with Crippen molar-refractivity contribution in [3.8, 4) is 11.8 Å². The number of benzene rings is 3. The number of halogens is 3. The third-order valence-electron chi connectivity index (χ3n) is 7.65. The van der Waals surface area contributed by atoms with Crippen molar-refractivity contribution in [3.63, 3.8) is 0 Å². The molecule has 3 aromatic rings. The standard InChI is InChI=1S/C32H32Cl2N4O3.ClH/c1-3-4-22-5-12-29-27(19-22)31(39)38(21(2)26-11-10-25(34)20-28(26)35)30(23-6-8-24(33)9-7-23)32(40)37(29)14-13-36-15-17-41-18-16-36;/h5-12,19-21,30H,13-18,35H2,1-2H3;1H. The van der Waals surface area contributed by atoms with Gasteiger partial charge in [0.1, 0.15) is 6.04 Å². The quantitative estimate of drug-likeness (QED) is 0.268. The number of nitrogens with two attached hydrogens (primary N) is 1. The molecule has 7 nitrogen and oxygen atoms in total. The van der Waals surface area contributed by atoms with E-state index in [4.69, 9.17) is 33.7 Å². The van der Waals surface area contributed by atoms with Gasteiger partial charge in [-0.3, -0.25) is 14.5 Å². The number of nitrogens with zero attached hydrogens (tertiary/aromatic N) is 3. The van der Waals surface area contributed by atoms with Gasteiger partial charge in [0.15, 0.2) is 0 Å². The Kier molecular flexibility index (Phi) is 10.4. The van der Waals surface area contributed by atoms with Crippen LogP contribution in [-0.4, -0.2) is 61.0 Å². The molecule has 1 saturated heterocycles. The molecule has 0 radical (unpaired) electrons. The van der Waals surface area contributed by atoms with E-state index in [2.05, 4.69) is 16.7 Å². The average Bonchev–Trinajstić information content (AvgIpc) is 3.05. The highest BCUT2D eigenvalue weighted by molar-refractivity contribution is 6.31. The summed E-state index contributed by atoms with van der Waals surface area (Å²) in [6, 6.07) is 16.2. The third kappa shape index (κ3) is 6.54. The molecule has 2 amide bonds. The van der Waals surface area contributed by atoms with Gasteiger partial charge in [0.25, 0.3) is 11.8 Å². The number of rotatable bonds is 6. The second kappa shape index (κ2) is 13.8. The molecule has 2 N–H and O–H groups in total. The van der Waals surface area contributed by atoms with Gasteiger partial charge in [0, 0.05) is 47.5 Å². The molecule has 0 saturated carbocycles. The van der Waals surface area contributed by atoms with E-state index in [0.717, 1.165) is 13.1 Å². The van der Waals surface area contributed by atoms with Crippen molar-refractivity contribution in [3.05, 3.63) is 93.0 Å². The zero-order valence-corrected chi connectivity index (χ0v) is 25.8. The Labute approximate surface area is 262 Å².